The molecule has 7 heteroatoms. The molecule has 0 spiro atoms. The number of rotatable bonds is 1. The Hall–Kier alpha value is -1.26. The number of Topliss-reactive ketones (excluding diaryl/α,β-unsaturated/α-hetero) is 1. The molecule has 1 aliphatic rings. The van der Waals surface area contributed by atoms with Crippen LogP contribution in [0, 0.1) is 0 Å². The molecule has 3 nitrogen and oxygen atoms in total. The van der Waals surface area contributed by atoms with E-state index in [0.29, 0.717) is 5.56 Å². The van der Waals surface area contributed by atoms with Crippen molar-refractivity contribution < 1.29 is 9.90 Å². The summed E-state index contributed by atoms with van der Waals surface area (Å²) in [5.41, 5.74) is 0.755. The molecule has 1 N–H and O–H groups in total. The van der Waals surface area contributed by atoms with Crippen LogP contribution in [0.1, 0.15) is 21.5 Å². The molecule has 2 aromatic rings. The second kappa shape index (κ2) is 5.18. The van der Waals surface area contributed by atoms with Gasteiger partial charge in [0.1, 0.15) is 5.76 Å². The third-order valence-corrected chi connectivity index (χ3v) is 4.97. The minimum Gasteiger partial charge on any atom is -0.506 e. The number of aliphatic hydroxyl groups is 1. The molecule has 0 saturated carbocycles. The molecule has 1 aromatic carbocycles. The molecule has 0 atom stereocenters. The summed E-state index contributed by atoms with van der Waals surface area (Å²) >= 11 is 24.1. The third kappa shape index (κ3) is 2.04. The summed E-state index contributed by atoms with van der Waals surface area (Å²) in [4.78, 5) is 16.4. The molecule has 0 fully saturated rings. The molecule has 0 bridgehead atoms. The molecule has 21 heavy (non-hydrogen) atoms. The van der Waals surface area contributed by atoms with Gasteiger partial charge in [-0.3, -0.25) is 9.78 Å². The zero-order valence-corrected chi connectivity index (χ0v) is 13.1. The highest BCUT2D eigenvalue weighted by Gasteiger charge is 2.37. The fourth-order valence-corrected chi connectivity index (χ4v) is 3.24. The summed E-state index contributed by atoms with van der Waals surface area (Å²) in [6.07, 6.45) is 3.02. The summed E-state index contributed by atoms with van der Waals surface area (Å²) in [5, 5.41) is 10.3. The lowest BCUT2D eigenvalue weighted by molar-refractivity contribution is 0.105. The lowest BCUT2D eigenvalue weighted by atomic mass is 10.0. The van der Waals surface area contributed by atoms with E-state index < -0.39 is 5.78 Å². The Balaban J connectivity index is 2.35. The van der Waals surface area contributed by atoms with Crippen LogP contribution in [0.4, 0.5) is 0 Å². The maximum atomic E-state index is 12.6. The summed E-state index contributed by atoms with van der Waals surface area (Å²) in [7, 11) is 0. The number of hydrogen-bond donors (Lipinski definition) is 1. The minimum absolute atomic E-state index is 0.00240. The average molecular weight is 361 g/mol. The Labute approximate surface area is 139 Å². The van der Waals surface area contributed by atoms with Crippen molar-refractivity contribution in [2.45, 2.75) is 0 Å². The van der Waals surface area contributed by atoms with E-state index in [4.69, 9.17) is 46.4 Å². The number of aliphatic hydroxyl groups excluding tert-OH is 1. The molecule has 0 radical (unpaired) electrons. The Morgan fingerprint density at radius 2 is 1.38 bits per heavy atom. The largest absolute Gasteiger partial charge is 0.506 e. The molecule has 1 aromatic heterocycles. The summed E-state index contributed by atoms with van der Waals surface area (Å²) in [6, 6.07) is 3.20. The molecule has 0 amide bonds. The van der Waals surface area contributed by atoms with Crippen molar-refractivity contribution in [2.75, 3.05) is 0 Å². The van der Waals surface area contributed by atoms with Gasteiger partial charge in [0.05, 0.1) is 36.8 Å². The van der Waals surface area contributed by atoms with Gasteiger partial charge in [0.15, 0.2) is 5.78 Å². The Bertz CT molecular complexity index is 816. The molecule has 0 aliphatic heterocycles. The topological polar surface area (TPSA) is 50.2 Å². The zero-order valence-electron chi connectivity index (χ0n) is 10.1. The normalized spacial score (nSPS) is 13.8. The fourth-order valence-electron chi connectivity index (χ4n) is 2.21. The fraction of sp³-hybridized carbons (Fsp3) is 0. The third-order valence-electron chi connectivity index (χ3n) is 3.16. The minimum atomic E-state index is -0.459. The standard InChI is InChI=1S/C14H5Cl4NO2/c15-9-7-8(10(16)12(18)11(9)17)14(21)6(13(7)20)5-1-3-19-4-2-5/h1-4,20H. The molecular weight excluding hydrogens is 356 g/mol. The first-order chi connectivity index (χ1) is 9.95. The number of ketones is 1. The SMILES string of the molecule is O=C1C(c2ccncc2)=C(O)c2c(Cl)c(Cl)c(Cl)c(Cl)c21. The van der Waals surface area contributed by atoms with Gasteiger partial charge in [0, 0.05) is 12.4 Å². The molecule has 1 heterocycles. The van der Waals surface area contributed by atoms with Crippen LogP contribution >= 0.6 is 46.4 Å². The molecule has 3 rings (SSSR count). The number of carbonyl (C=O) groups excluding carboxylic acids is 1. The van der Waals surface area contributed by atoms with Gasteiger partial charge in [0.25, 0.3) is 0 Å². The average Bonchev–Trinajstić information content (AvgIpc) is 2.75. The lowest BCUT2D eigenvalue weighted by Gasteiger charge is -2.09. The van der Waals surface area contributed by atoms with Gasteiger partial charge in [-0.15, -0.1) is 0 Å². The predicted molar refractivity (Wildman–Crippen MR) is 84.5 cm³/mol. The van der Waals surface area contributed by atoms with Crippen molar-refractivity contribution in [3.63, 3.8) is 0 Å². The number of hydrogen-bond acceptors (Lipinski definition) is 3. The van der Waals surface area contributed by atoms with Gasteiger partial charge in [-0.25, -0.2) is 0 Å². The first-order valence-corrected chi connectivity index (χ1v) is 7.21. The van der Waals surface area contributed by atoms with E-state index in [-0.39, 0.29) is 42.5 Å². The van der Waals surface area contributed by atoms with Crippen LogP contribution in [0.2, 0.25) is 20.1 Å². The number of fused-ring (bicyclic) bond motifs is 1. The molecular formula is C14H5Cl4NO2. The number of pyridine rings is 1. The lowest BCUT2D eigenvalue weighted by Crippen LogP contribution is -2.00. The van der Waals surface area contributed by atoms with E-state index in [0.717, 1.165) is 0 Å². The van der Waals surface area contributed by atoms with E-state index in [1.807, 2.05) is 0 Å². The van der Waals surface area contributed by atoms with Gasteiger partial charge < -0.3 is 5.11 Å². The van der Waals surface area contributed by atoms with E-state index in [2.05, 4.69) is 4.98 Å². The quantitative estimate of drug-likeness (QED) is 0.553. The van der Waals surface area contributed by atoms with Crippen molar-refractivity contribution in [2.24, 2.45) is 0 Å². The van der Waals surface area contributed by atoms with Crippen molar-refractivity contribution in [3.05, 3.63) is 61.3 Å². The summed E-state index contributed by atoms with van der Waals surface area (Å²) < 4.78 is 0. The Morgan fingerprint density at radius 1 is 0.857 bits per heavy atom. The van der Waals surface area contributed by atoms with Crippen LogP contribution < -0.4 is 0 Å². The zero-order chi connectivity index (χ0) is 15.3. The molecule has 0 unspecified atom stereocenters. The Kier molecular flexibility index (Phi) is 3.62. The van der Waals surface area contributed by atoms with Crippen LogP contribution in [0.5, 0.6) is 0 Å². The monoisotopic (exact) mass is 359 g/mol. The van der Waals surface area contributed by atoms with Gasteiger partial charge in [0.2, 0.25) is 0 Å². The second-order valence-electron chi connectivity index (χ2n) is 4.29. The van der Waals surface area contributed by atoms with Gasteiger partial charge in [-0.1, -0.05) is 46.4 Å². The predicted octanol–water partition coefficient (Wildman–Crippen LogP) is 5.32. The first-order valence-electron chi connectivity index (χ1n) is 5.69. The number of aromatic nitrogens is 1. The van der Waals surface area contributed by atoms with Crippen LogP contribution in [0.25, 0.3) is 11.3 Å². The van der Waals surface area contributed by atoms with E-state index in [1.54, 1.807) is 12.1 Å². The number of carbonyl (C=O) groups is 1. The number of allylic oxidation sites excluding steroid dienone is 1. The van der Waals surface area contributed by atoms with Gasteiger partial charge in [-0.2, -0.15) is 0 Å². The highest BCUT2D eigenvalue weighted by atomic mass is 35.5. The van der Waals surface area contributed by atoms with Gasteiger partial charge in [-0.05, 0) is 17.7 Å². The van der Waals surface area contributed by atoms with Crippen molar-refractivity contribution in [3.8, 4) is 0 Å². The summed E-state index contributed by atoms with van der Waals surface area (Å²) in [5.74, 6) is -0.731. The highest BCUT2D eigenvalue weighted by molar-refractivity contribution is 6.56. The molecule has 0 saturated heterocycles. The number of halogens is 4. The maximum absolute atomic E-state index is 12.6. The van der Waals surface area contributed by atoms with E-state index >= 15 is 0 Å². The molecule has 1 aliphatic carbocycles. The smallest absolute Gasteiger partial charge is 0.199 e. The maximum Gasteiger partial charge on any atom is 0.199 e. The van der Waals surface area contributed by atoms with Crippen molar-refractivity contribution in [1.29, 1.82) is 0 Å². The van der Waals surface area contributed by atoms with Crippen molar-refractivity contribution in [1.82, 2.24) is 4.98 Å². The van der Waals surface area contributed by atoms with Crippen LogP contribution in [-0.2, 0) is 0 Å². The highest BCUT2D eigenvalue weighted by Crippen LogP contribution is 2.49. The van der Waals surface area contributed by atoms with Crippen LogP contribution in [0.3, 0.4) is 0 Å². The second-order valence-corrected chi connectivity index (χ2v) is 5.81. The van der Waals surface area contributed by atoms with Gasteiger partial charge >= 0.3 is 0 Å². The van der Waals surface area contributed by atoms with Crippen LogP contribution in [-0.4, -0.2) is 15.9 Å². The number of benzene rings is 1. The molecule has 106 valence electrons. The first kappa shape index (κ1) is 14.7. The Morgan fingerprint density at radius 3 is 1.95 bits per heavy atom. The van der Waals surface area contributed by atoms with Crippen LogP contribution in [0.15, 0.2) is 24.5 Å². The van der Waals surface area contributed by atoms with E-state index in [9.17, 15) is 9.90 Å². The van der Waals surface area contributed by atoms with Crippen molar-refractivity contribution >= 4 is 63.5 Å². The number of nitrogens with zero attached hydrogens (tertiary/aromatic N) is 1. The summed E-state index contributed by atoms with van der Waals surface area (Å²) in [6.45, 7) is 0. The van der Waals surface area contributed by atoms with E-state index in [1.165, 1.54) is 12.4 Å².